The molecule has 2 aliphatic rings. The van der Waals surface area contributed by atoms with E-state index >= 15 is 0 Å². The predicted octanol–water partition coefficient (Wildman–Crippen LogP) is 2.48. The highest BCUT2D eigenvalue weighted by atomic mass is 16.2. The summed E-state index contributed by atoms with van der Waals surface area (Å²) in [4.78, 5) is 28.0. The number of amides is 2. The highest BCUT2D eigenvalue weighted by Gasteiger charge is 2.24. The van der Waals surface area contributed by atoms with Crippen molar-refractivity contribution in [1.29, 1.82) is 0 Å². The van der Waals surface area contributed by atoms with Gasteiger partial charge >= 0.3 is 6.03 Å². The fourth-order valence-electron chi connectivity index (χ4n) is 4.28. The summed E-state index contributed by atoms with van der Waals surface area (Å²) in [5.41, 5.74) is 3.56. The highest BCUT2D eigenvalue weighted by molar-refractivity contribution is 5.74. The number of likely N-dealkylation sites (tertiary alicyclic amines) is 1. The number of imidazole rings is 1. The quantitative estimate of drug-likeness (QED) is 0.900. The summed E-state index contributed by atoms with van der Waals surface area (Å²) < 4.78 is 2.09. The molecule has 2 amide bonds. The molecule has 0 aromatic carbocycles. The Balaban J connectivity index is 1.33. The topological polar surface area (TPSA) is 75.9 Å². The van der Waals surface area contributed by atoms with Gasteiger partial charge in [0.05, 0.1) is 12.9 Å². The Bertz CT molecular complexity index is 788. The minimum Gasteiger partial charge on any atom is -0.337 e. The normalized spacial score (nSPS) is 19.6. The van der Waals surface area contributed by atoms with Gasteiger partial charge in [0.15, 0.2) is 0 Å². The number of hydrogen-bond acceptors (Lipinski definition) is 4. The lowest BCUT2D eigenvalue weighted by molar-refractivity contribution is 0.158. The molecule has 144 valence electrons. The molecule has 0 bridgehead atoms. The van der Waals surface area contributed by atoms with Gasteiger partial charge in [0.25, 0.3) is 0 Å². The van der Waals surface area contributed by atoms with E-state index < -0.39 is 0 Å². The zero-order chi connectivity index (χ0) is 18.6. The molecular weight excluding hydrogens is 340 g/mol. The molecule has 1 N–H and O–H groups in total. The molecule has 0 radical (unpaired) electrons. The van der Waals surface area contributed by atoms with Crippen LogP contribution in [-0.4, -0.2) is 43.5 Å². The third kappa shape index (κ3) is 4.28. The van der Waals surface area contributed by atoms with Crippen LogP contribution in [-0.2, 0) is 25.9 Å². The van der Waals surface area contributed by atoms with Crippen molar-refractivity contribution in [3.63, 3.8) is 0 Å². The molecule has 7 heteroatoms. The molecule has 1 aliphatic heterocycles. The number of fused-ring (bicyclic) bond motifs is 1. The second-order valence-corrected chi connectivity index (χ2v) is 7.73. The van der Waals surface area contributed by atoms with Gasteiger partial charge in [-0.1, -0.05) is 0 Å². The lowest BCUT2D eigenvalue weighted by atomic mass is 9.95. The molecule has 0 unspecified atom stereocenters. The van der Waals surface area contributed by atoms with Crippen LogP contribution in [0.15, 0.2) is 18.7 Å². The average Bonchev–Trinajstić information content (AvgIpc) is 3.19. The molecular formula is C20H28N6O. The third-order valence-corrected chi connectivity index (χ3v) is 5.67. The first-order valence-corrected chi connectivity index (χ1v) is 10.0. The van der Waals surface area contributed by atoms with Crippen LogP contribution in [0.25, 0.3) is 0 Å². The Labute approximate surface area is 160 Å². The van der Waals surface area contributed by atoms with Crippen LogP contribution < -0.4 is 5.32 Å². The van der Waals surface area contributed by atoms with Crippen molar-refractivity contribution in [2.45, 2.75) is 58.5 Å². The maximum Gasteiger partial charge on any atom is 0.317 e. The molecule has 27 heavy (non-hydrogen) atoms. The van der Waals surface area contributed by atoms with Crippen LogP contribution in [0, 0.1) is 12.8 Å². The predicted molar refractivity (Wildman–Crippen MR) is 102 cm³/mol. The Morgan fingerprint density at radius 2 is 2.15 bits per heavy atom. The number of carbonyl (C=O) groups excluding carboxylic acids is 1. The van der Waals surface area contributed by atoms with Gasteiger partial charge in [0, 0.05) is 43.4 Å². The monoisotopic (exact) mass is 368 g/mol. The number of hydrogen-bond donors (Lipinski definition) is 1. The number of nitrogens with zero attached hydrogens (tertiary/aromatic N) is 5. The number of piperidine rings is 1. The number of urea groups is 1. The van der Waals surface area contributed by atoms with E-state index in [1.54, 1.807) is 6.20 Å². The van der Waals surface area contributed by atoms with Crippen LogP contribution >= 0.6 is 0 Å². The van der Waals surface area contributed by atoms with Gasteiger partial charge in [-0.05, 0) is 56.9 Å². The summed E-state index contributed by atoms with van der Waals surface area (Å²) in [6.45, 7) is 4.97. The summed E-state index contributed by atoms with van der Waals surface area (Å²) >= 11 is 0. The number of aromatic nitrogens is 4. The lowest BCUT2D eigenvalue weighted by Crippen LogP contribution is -2.46. The minimum absolute atomic E-state index is 0.00990. The van der Waals surface area contributed by atoms with Crippen molar-refractivity contribution in [2.75, 3.05) is 13.1 Å². The Hall–Kier alpha value is -2.44. The first-order chi connectivity index (χ1) is 13.2. The lowest BCUT2D eigenvalue weighted by Gasteiger charge is -2.32. The van der Waals surface area contributed by atoms with Crippen molar-refractivity contribution < 1.29 is 4.79 Å². The van der Waals surface area contributed by atoms with Gasteiger partial charge in [0.2, 0.25) is 0 Å². The number of aryl methyl sites for hydroxylation is 2. The summed E-state index contributed by atoms with van der Waals surface area (Å²) in [7, 11) is 0. The first kappa shape index (κ1) is 17.9. The SMILES string of the molecule is Cc1nc(CNC(=O)N2CCC[C@H](Cn3ccnc3)C2)nc2c1CCCC2. The minimum atomic E-state index is -0.00990. The van der Waals surface area contributed by atoms with Gasteiger partial charge < -0.3 is 14.8 Å². The van der Waals surface area contributed by atoms with Crippen LogP contribution in [0.2, 0.25) is 0 Å². The molecule has 1 saturated heterocycles. The summed E-state index contributed by atoms with van der Waals surface area (Å²) in [5, 5.41) is 3.02. The van der Waals surface area contributed by atoms with E-state index in [9.17, 15) is 4.79 Å². The van der Waals surface area contributed by atoms with Gasteiger partial charge in [-0.2, -0.15) is 0 Å². The van der Waals surface area contributed by atoms with E-state index in [0.717, 1.165) is 56.8 Å². The standard InChI is InChI=1S/C20H28N6O/c1-15-17-6-2-3-7-18(17)24-19(23-15)11-22-20(27)26-9-4-5-16(13-26)12-25-10-8-21-14-25/h8,10,14,16H,2-7,9,11-13H2,1H3,(H,22,27)/t16-/m1/s1. The number of rotatable bonds is 4. The molecule has 0 saturated carbocycles. The van der Waals surface area contributed by atoms with Gasteiger partial charge in [-0.3, -0.25) is 0 Å². The molecule has 1 fully saturated rings. The molecule has 1 atom stereocenters. The van der Waals surface area contributed by atoms with Gasteiger partial charge in [0.1, 0.15) is 5.82 Å². The number of nitrogens with one attached hydrogen (secondary N) is 1. The molecule has 2 aromatic rings. The van der Waals surface area contributed by atoms with Crippen molar-refractivity contribution in [1.82, 2.24) is 29.7 Å². The molecule has 4 rings (SSSR count). The summed E-state index contributed by atoms with van der Waals surface area (Å²) in [6, 6.07) is -0.00990. The molecule has 3 heterocycles. The van der Waals surface area contributed by atoms with Gasteiger partial charge in [-0.15, -0.1) is 0 Å². The maximum absolute atomic E-state index is 12.6. The Morgan fingerprint density at radius 3 is 3.00 bits per heavy atom. The average molecular weight is 368 g/mol. The summed E-state index contributed by atoms with van der Waals surface area (Å²) in [6.07, 6.45) is 12.3. The largest absolute Gasteiger partial charge is 0.337 e. The fraction of sp³-hybridized carbons (Fsp3) is 0.600. The Morgan fingerprint density at radius 1 is 1.26 bits per heavy atom. The van der Waals surface area contributed by atoms with Crippen LogP contribution in [0.4, 0.5) is 4.79 Å². The first-order valence-electron chi connectivity index (χ1n) is 10.0. The van der Waals surface area contributed by atoms with Crippen molar-refractivity contribution in [3.05, 3.63) is 41.5 Å². The van der Waals surface area contributed by atoms with E-state index in [-0.39, 0.29) is 6.03 Å². The zero-order valence-electron chi connectivity index (χ0n) is 16.0. The molecule has 0 spiro atoms. The van der Waals surface area contributed by atoms with Crippen molar-refractivity contribution in [3.8, 4) is 0 Å². The van der Waals surface area contributed by atoms with E-state index in [2.05, 4.69) is 26.8 Å². The van der Waals surface area contributed by atoms with Gasteiger partial charge in [-0.25, -0.2) is 19.7 Å². The van der Waals surface area contributed by atoms with E-state index in [1.165, 1.54) is 24.1 Å². The maximum atomic E-state index is 12.6. The molecule has 7 nitrogen and oxygen atoms in total. The van der Waals surface area contributed by atoms with Crippen molar-refractivity contribution in [2.24, 2.45) is 5.92 Å². The fourth-order valence-corrected chi connectivity index (χ4v) is 4.28. The smallest absolute Gasteiger partial charge is 0.317 e. The van der Waals surface area contributed by atoms with E-state index in [1.807, 2.05) is 17.4 Å². The molecule has 1 aliphatic carbocycles. The Kier molecular flexibility index (Phi) is 5.36. The van der Waals surface area contributed by atoms with Crippen LogP contribution in [0.1, 0.15) is 48.5 Å². The van der Waals surface area contributed by atoms with E-state index in [4.69, 9.17) is 4.98 Å². The second kappa shape index (κ2) is 8.06. The zero-order valence-corrected chi connectivity index (χ0v) is 16.0. The van der Waals surface area contributed by atoms with Crippen LogP contribution in [0.3, 0.4) is 0 Å². The third-order valence-electron chi connectivity index (χ3n) is 5.67. The van der Waals surface area contributed by atoms with E-state index in [0.29, 0.717) is 12.5 Å². The number of carbonyl (C=O) groups is 1. The highest BCUT2D eigenvalue weighted by Crippen LogP contribution is 2.22. The van der Waals surface area contributed by atoms with Crippen molar-refractivity contribution >= 4 is 6.03 Å². The second-order valence-electron chi connectivity index (χ2n) is 7.73. The van der Waals surface area contributed by atoms with Crippen LogP contribution in [0.5, 0.6) is 0 Å². The molecule has 2 aromatic heterocycles. The summed E-state index contributed by atoms with van der Waals surface area (Å²) in [5.74, 6) is 1.20.